The van der Waals surface area contributed by atoms with Gasteiger partial charge in [0.25, 0.3) is 0 Å². The van der Waals surface area contributed by atoms with Gasteiger partial charge in [0.1, 0.15) is 12.4 Å². The standard InChI is InChI=1S/C22H17NO2/c24-22-18(14-17-5-1-2-7-21(17)22)13-16-8-10-20(11-9-16)25-15-19-6-3-4-12-23-19/h1-13H,14-15H2/b18-13+. The lowest BCUT2D eigenvalue weighted by Gasteiger charge is -2.06. The van der Waals surface area contributed by atoms with Gasteiger partial charge in [-0.3, -0.25) is 9.78 Å². The molecule has 3 heteroatoms. The third-order valence-electron chi connectivity index (χ3n) is 4.27. The first-order chi connectivity index (χ1) is 12.3. The van der Waals surface area contributed by atoms with Crippen molar-refractivity contribution in [2.45, 2.75) is 13.0 Å². The Morgan fingerprint density at radius 2 is 1.76 bits per heavy atom. The highest BCUT2D eigenvalue weighted by atomic mass is 16.5. The van der Waals surface area contributed by atoms with Gasteiger partial charge >= 0.3 is 0 Å². The zero-order valence-electron chi connectivity index (χ0n) is 13.7. The van der Waals surface area contributed by atoms with Crippen LogP contribution >= 0.6 is 0 Å². The van der Waals surface area contributed by atoms with Gasteiger partial charge in [0.15, 0.2) is 5.78 Å². The van der Waals surface area contributed by atoms with Crippen molar-refractivity contribution < 1.29 is 9.53 Å². The normalized spacial score (nSPS) is 14.6. The predicted molar refractivity (Wildman–Crippen MR) is 97.5 cm³/mol. The lowest BCUT2D eigenvalue weighted by atomic mass is 10.1. The van der Waals surface area contributed by atoms with Crippen LogP contribution in [0.4, 0.5) is 0 Å². The van der Waals surface area contributed by atoms with Crippen LogP contribution in [0.25, 0.3) is 6.08 Å². The van der Waals surface area contributed by atoms with Crippen molar-refractivity contribution in [2.24, 2.45) is 0 Å². The molecule has 0 bridgehead atoms. The number of nitrogens with zero attached hydrogens (tertiary/aromatic N) is 1. The second-order valence-corrected chi connectivity index (χ2v) is 6.01. The van der Waals surface area contributed by atoms with Gasteiger partial charge in [0.05, 0.1) is 5.69 Å². The molecule has 1 aromatic heterocycles. The second kappa shape index (κ2) is 6.73. The summed E-state index contributed by atoms with van der Waals surface area (Å²) >= 11 is 0. The van der Waals surface area contributed by atoms with Crippen LogP contribution in [0.3, 0.4) is 0 Å². The topological polar surface area (TPSA) is 39.2 Å². The van der Waals surface area contributed by atoms with E-state index in [1.54, 1.807) is 6.20 Å². The third-order valence-corrected chi connectivity index (χ3v) is 4.27. The molecule has 0 spiro atoms. The average Bonchev–Trinajstić information content (AvgIpc) is 2.98. The number of pyridine rings is 1. The summed E-state index contributed by atoms with van der Waals surface area (Å²) in [5, 5.41) is 0. The number of carbonyl (C=O) groups excluding carboxylic acids is 1. The quantitative estimate of drug-likeness (QED) is 0.663. The number of rotatable bonds is 4. The summed E-state index contributed by atoms with van der Waals surface area (Å²) in [5.41, 5.74) is 4.66. The maximum absolute atomic E-state index is 12.4. The number of aromatic nitrogens is 1. The van der Waals surface area contributed by atoms with Gasteiger partial charge in [0, 0.05) is 23.8 Å². The lowest BCUT2D eigenvalue weighted by Crippen LogP contribution is -1.97. The fourth-order valence-electron chi connectivity index (χ4n) is 2.97. The summed E-state index contributed by atoms with van der Waals surface area (Å²) in [5.74, 6) is 0.917. The molecule has 0 saturated heterocycles. The van der Waals surface area contributed by atoms with Gasteiger partial charge in [-0.25, -0.2) is 0 Å². The van der Waals surface area contributed by atoms with Crippen LogP contribution in [0.2, 0.25) is 0 Å². The monoisotopic (exact) mass is 327 g/mol. The van der Waals surface area contributed by atoms with Gasteiger partial charge in [-0.15, -0.1) is 0 Å². The Balaban J connectivity index is 1.45. The molecule has 1 aliphatic rings. The molecule has 1 heterocycles. The first-order valence-corrected chi connectivity index (χ1v) is 8.25. The minimum atomic E-state index is 0.131. The Hall–Kier alpha value is -3.20. The van der Waals surface area contributed by atoms with Crippen LogP contribution < -0.4 is 4.74 Å². The summed E-state index contributed by atoms with van der Waals surface area (Å²) in [6.07, 6.45) is 4.42. The molecule has 122 valence electrons. The number of fused-ring (bicyclic) bond motifs is 1. The highest BCUT2D eigenvalue weighted by Crippen LogP contribution is 2.27. The van der Waals surface area contributed by atoms with E-state index in [0.717, 1.165) is 33.7 Å². The van der Waals surface area contributed by atoms with E-state index in [1.165, 1.54) is 0 Å². The summed E-state index contributed by atoms with van der Waals surface area (Å²) < 4.78 is 5.74. The van der Waals surface area contributed by atoms with Crippen molar-refractivity contribution in [3.05, 3.63) is 101 Å². The Bertz CT molecular complexity index is 928. The van der Waals surface area contributed by atoms with E-state index in [4.69, 9.17) is 4.74 Å². The summed E-state index contributed by atoms with van der Waals surface area (Å²) in [6.45, 7) is 0.440. The van der Waals surface area contributed by atoms with Crippen molar-refractivity contribution in [3.63, 3.8) is 0 Å². The number of hydrogen-bond acceptors (Lipinski definition) is 3. The first-order valence-electron chi connectivity index (χ1n) is 8.25. The average molecular weight is 327 g/mol. The van der Waals surface area contributed by atoms with Gasteiger partial charge in [-0.1, -0.05) is 42.5 Å². The maximum atomic E-state index is 12.4. The molecule has 25 heavy (non-hydrogen) atoms. The van der Waals surface area contributed by atoms with Crippen molar-refractivity contribution >= 4 is 11.9 Å². The minimum Gasteiger partial charge on any atom is -0.487 e. The number of Topliss-reactive ketones (excluding diaryl/α,β-unsaturated/α-hetero) is 1. The van der Waals surface area contributed by atoms with Gasteiger partial charge in [-0.05, 0) is 41.5 Å². The zero-order valence-corrected chi connectivity index (χ0v) is 13.7. The first kappa shape index (κ1) is 15.3. The predicted octanol–water partition coefficient (Wildman–Crippen LogP) is 4.48. The van der Waals surface area contributed by atoms with Crippen molar-refractivity contribution in [1.82, 2.24) is 4.98 Å². The number of hydrogen-bond donors (Lipinski definition) is 0. The molecule has 4 rings (SSSR count). The Morgan fingerprint density at radius 1 is 0.960 bits per heavy atom. The smallest absolute Gasteiger partial charge is 0.189 e. The second-order valence-electron chi connectivity index (χ2n) is 6.01. The maximum Gasteiger partial charge on any atom is 0.189 e. The molecule has 0 unspecified atom stereocenters. The molecule has 3 nitrogen and oxygen atoms in total. The van der Waals surface area contributed by atoms with Crippen LogP contribution in [0.15, 0.2) is 78.5 Å². The molecule has 1 aliphatic carbocycles. The molecular weight excluding hydrogens is 310 g/mol. The fraction of sp³-hybridized carbons (Fsp3) is 0.0909. The number of ether oxygens (including phenoxy) is 1. The molecular formula is C22H17NO2. The largest absolute Gasteiger partial charge is 0.487 e. The molecule has 2 aromatic carbocycles. The highest BCUT2D eigenvalue weighted by Gasteiger charge is 2.23. The van der Waals surface area contributed by atoms with Crippen LogP contribution in [0.5, 0.6) is 5.75 Å². The molecule has 0 N–H and O–H groups in total. The molecule has 0 amide bonds. The van der Waals surface area contributed by atoms with Gasteiger partial charge < -0.3 is 4.74 Å². The van der Waals surface area contributed by atoms with Gasteiger partial charge in [0.2, 0.25) is 0 Å². The third kappa shape index (κ3) is 3.36. The Morgan fingerprint density at radius 3 is 2.52 bits per heavy atom. The SMILES string of the molecule is O=C1/C(=C/c2ccc(OCc3ccccn3)cc2)Cc2ccccc21. The van der Waals surface area contributed by atoms with Crippen LogP contribution in [-0.2, 0) is 13.0 Å². The molecule has 3 aromatic rings. The molecule has 0 saturated carbocycles. The molecule has 0 atom stereocenters. The summed E-state index contributed by atoms with van der Waals surface area (Å²) in [6, 6.07) is 21.3. The van der Waals surface area contributed by atoms with E-state index in [9.17, 15) is 4.79 Å². The Kier molecular flexibility index (Phi) is 4.13. The lowest BCUT2D eigenvalue weighted by molar-refractivity contribution is 0.104. The van der Waals surface area contributed by atoms with Gasteiger partial charge in [-0.2, -0.15) is 0 Å². The van der Waals surface area contributed by atoms with Crippen LogP contribution in [0, 0.1) is 0 Å². The molecule has 0 fully saturated rings. The molecule has 0 radical (unpaired) electrons. The Labute approximate surface area is 146 Å². The van der Waals surface area contributed by atoms with Crippen molar-refractivity contribution in [2.75, 3.05) is 0 Å². The van der Waals surface area contributed by atoms with Crippen LogP contribution in [0.1, 0.15) is 27.2 Å². The van der Waals surface area contributed by atoms with E-state index < -0.39 is 0 Å². The van der Waals surface area contributed by atoms with E-state index in [2.05, 4.69) is 4.98 Å². The van der Waals surface area contributed by atoms with E-state index in [-0.39, 0.29) is 5.78 Å². The van der Waals surface area contributed by atoms with E-state index in [1.807, 2.05) is 72.8 Å². The summed E-state index contributed by atoms with van der Waals surface area (Å²) in [7, 11) is 0. The number of benzene rings is 2. The highest BCUT2D eigenvalue weighted by molar-refractivity contribution is 6.15. The van der Waals surface area contributed by atoms with E-state index >= 15 is 0 Å². The number of allylic oxidation sites excluding steroid dienone is 1. The fourth-order valence-corrected chi connectivity index (χ4v) is 2.97. The van der Waals surface area contributed by atoms with Crippen molar-refractivity contribution in [1.29, 1.82) is 0 Å². The summed E-state index contributed by atoms with van der Waals surface area (Å²) in [4.78, 5) is 16.7. The van der Waals surface area contributed by atoms with Crippen molar-refractivity contribution in [3.8, 4) is 5.75 Å². The number of carbonyl (C=O) groups is 1. The minimum absolute atomic E-state index is 0.131. The number of ketones is 1. The van der Waals surface area contributed by atoms with E-state index in [0.29, 0.717) is 13.0 Å². The zero-order chi connectivity index (χ0) is 17.1. The van der Waals surface area contributed by atoms with Crippen LogP contribution in [-0.4, -0.2) is 10.8 Å². The molecule has 0 aliphatic heterocycles.